The zero-order valence-electron chi connectivity index (χ0n) is 17.0. The van der Waals surface area contributed by atoms with E-state index in [2.05, 4.69) is 9.97 Å². The number of carbonyl (C=O) groups excluding carboxylic acids is 2. The van der Waals surface area contributed by atoms with Crippen LogP contribution in [0.2, 0.25) is 0 Å². The Labute approximate surface area is 179 Å². The van der Waals surface area contributed by atoms with Gasteiger partial charge in [0.15, 0.2) is 0 Å². The third-order valence-electron chi connectivity index (χ3n) is 5.28. The Hall–Kier alpha value is -3.24. The van der Waals surface area contributed by atoms with Gasteiger partial charge in [0.2, 0.25) is 10.0 Å². The lowest BCUT2D eigenvalue weighted by molar-refractivity contribution is 0.0598. The highest BCUT2D eigenvalue weighted by Gasteiger charge is 2.38. The van der Waals surface area contributed by atoms with Gasteiger partial charge in [-0.3, -0.25) is 0 Å². The molecule has 0 unspecified atom stereocenters. The normalized spacial score (nSPS) is 17.0. The first-order valence-electron chi connectivity index (χ1n) is 9.63. The predicted molar refractivity (Wildman–Crippen MR) is 111 cm³/mol. The highest BCUT2D eigenvalue weighted by Crippen LogP contribution is 2.36. The summed E-state index contributed by atoms with van der Waals surface area (Å²) in [6.07, 6.45) is 1.25. The summed E-state index contributed by atoms with van der Waals surface area (Å²) in [5.74, 6) is -0.950. The number of ether oxygens (including phenoxy) is 2. The maximum absolute atomic E-state index is 13.5. The number of nitrogens with one attached hydrogen (secondary N) is 1. The number of benzene rings is 2. The smallest absolute Gasteiger partial charge is 0.337 e. The predicted octanol–water partition coefficient (Wildman–Crippen LogP) is 2.66. The maximum Gasteiger partial charge on any atom is 0.337 e. The quantitative estimate of drug-likeness (QED) is 0.602. The molecule has 0 aliphatic carbocycles. The summed E-state index contributed by atoms with van der Waals surface area (Å²) in [6, 6.07) is 10.7. The third kappa shape index (κ3) is 3.79. The van der Waals surface area contributed by atoms with Crippen molar-refractivity contribution in [3.05, 3.63) is 59.4 Å². The fraction of sp³-hybridized carbons (Fsp3) is 0.286. The van der Waals surface area contributed by atoms with Gasteiger partial charge in [-0.05, 0) is 43.2 Å². The van der Waals surface area contributed by atoms with E-state index < -0.39 is 28.0 Å². The van der Waals surface area contributed by atoms with Gasteiger partial charge in [0.05, 0.1) is 47.3 Å². The van der Waals surface area contributed by atoms with Gasteiger partial charge in [-0.2, -0.15) is 4.31 Å². The molecule has 162 valence electrons. The molecular formula is C21H21N3O6S. The average molecular weight is 443 g/mol. The zero-order valence-corrected chi connectivity index (χ0v) is 17.8. The van der Waals surface area contributed by atoms with Crippen LogP contribution in [0.15, 0.2) is 47.4 Å². The number of fused-ring (bicyclic) bond motifs is 1. The number of aromatic amines is 1. The van der Waals surface area contributed by atoms with Crippen LogP contribution in [0.5, 0.6) is 0 Å². The molecule has 4 rings (SSSR count). The molecule has 1 aliphatic rings. The van der Waals surface area contributed by atoms with Crippen LogP contribution in [0.1, 0.15) is 45.4 Å². The van der Waals surface area contributed by atoms with Crippen LogP contribution in [0, 0.1) is 0 Å². The van der Waals surface area contributed by atoms with Crippen LogP contribution < -0.4 is 0 Å². The lowest BCUT2D eigenvalue weighted by Gasteiger charge is -2.23. The van der Waals surface area contributed by atoms with Crippen LogP contribution in [0.4, 0.5) is 0 Å². The van der Waals surface area contributed by atoms with E-state index >= 15 is 0 Å². The Kier molecular flexibility index (Phi) is 5.50. The SMILES string of the molecule is COC(=O)c1cc(C(=O)OC)cc(S(=O)(=O)N2CCC[C@@H]2c2nc3ccccc3[nH]2)c1. The molecule has 2 aromatic carbocycles. The summed E-state index contributed by atoms with van der Waals surface area (Å²) in [5.41, 5.74) is 1.47. The van der Waals surface area contributed by atoms with Crippen molar-refractivity contribution in [3.63, 3.8) is 0 Å². The minimum absolute atomic E-state index is 0.0524. The molecular weight excluding hydrogens is 422 g/mol. The van der Waals surface area contributed by atoms with Gasteiger partial charge in [-0.25, -0.2) is 23.0 Å². The number of hydrogen-bond donors (Lipinski definition) is 1. The highest BCUT2D eigenvalue weighted by atomic mass is 32.2. The molecule has 0 amide bonds. The second-order valence-corrected chi connectivity index (χ2v) is 9.03. The van der Waals surface area contributed by atoms with Crippen molar-refractivity contribution in [2.24, 2.45) is 0 Å². The Morgan fingerprint density at radius 3 is 2.32 bits per heavy atom. The molecule has 31 heavy (non-hydrogen) atoms. The lowest BCUT2D eigenvalue weighted by Crippen LogP contribution is -2.31. The fourth-order valence-corrected chi connectivity index (χ4v) is 5.52. The van der Waals surface area contributed by atoms with Gasteiger partial charge in [0.1, 0.15) is 5.82 Å². The van der Waals surface area contributed by atoms with Crippen molar-refractivity contribution in [2.45, 2.75) is 23.8 Å². The van der Waals surface area contributed by atoms with E-state index in [1.807, 2.05) is 24.3 Å². The first-order valence-corrected chi connectivity index (χ1v) is 11.1. The number of sulfonamides is 1. The maximum atomic E-state index is 13.5. The van der Waals surface area contributed by atoms with Crippen molar-refractivity contribution in [1.29, 1.82) is 0 Å². The molecule has 1 atom stereocenters. The van der Waals surface area contributed by atoms with E-state index in [4.69, 9.17) is 9.47 Å². The Morgan fingerprint density at radius 2 is 1.71 bits per heavy atom. The van der Waals surface area contributed by atoms with Crippen molar-refractivity contribution in [1.82, 2.24) is 14.3 Å². The summed E-state index contributed by atoms with van der Waals surface area (Å²) >= 11 is 0. The summed E-state index contributed by atoms with van der Waals surface area (Å²) in [5, 5.41) is 0. The number of H-pyrrole nitrogens is 1. The summed E-state index contributed by atoms with van der Waals surface area (Å²) < 4.78 is 37.8. The van der Waals surface area contributed by atoms with Crippen LogP contribution in [0.25, 0.3) is 11.0 Å². The van der Waals surface area contributed by atoms with Crippen LogP contribution in [-0.4, -0.2) is 55.4 Å². The van der Waals surface area contributed by atoms with Crippen molar-refractivity contribution < 1.29 is 27.5 Å². The number of hydrogen-bond acceptors (Lipinski definition) is 7. The van der Waals surface area contributed by atoms with E-state index in [0.29, 0.717) is 25.2 Å². The first kappa shape index (κ1) is 21.0. The van der Waals surface area contributed by atoms with Gasteiger partial charge in [0, 0.05) is 6.54 Å². The Bertz CT molecular complexity index is 1200. The van der Waals surface area contributed by atoms with Crippen LogP contribution in [-0.2, 0) is 19.5 Å². The molecule has 1 aromatic heterocycles. The van der Waals surface area contributed by atoms with E-state index in [0.717, 1.165) is 11.0 Å². The minimum atomic E-state index is -4.04. The molecule has 0 spiro atoms. The zero-order chi connectivity index (χ0) is 22.2. The molecule has 0 saturated carbocycles. The molecule has 0 bridgehead atoms. The second kappa shape index (κ2) is 8.12. The largest absolute Gasteiger partial charge is 0.465 e. The number of aromatic nitrogens is 2. The number of rotatable bonds is 5. The molecule has 0 radical (unpaired) electrons. The molecule has 2 heterocycles. The number of para-hydroxylation sites is 2. The van der Waals surface area contributed by atoms with Crippen LogP contribution in [0.3, 0.4) is 0 Å². The minimum Gasteiger partial charge on any atom is -0.465 e. The van der Waals surface area contributed by atoms with E-state index in [1.54, 1.807) is 0 Å². The van der Waals surface area contributed by atoms with Gasteiger partial charge in [-0.1, -0.05) is 12.1 Å². The molecule has 1 fully saturated rings. The number of esters is 2. The average Bonchev–Trinajstić information content (AvgIpc) is 3.44. The lowest BCUT2D eigenvalue weighted by atomic mass is 10.1. The van der Waals surface area contributed by atoms with Gasteiger partial charge < -0.3 is 14.5 Å². The standard InChI is InChI=1S/C21H21N3O6S/c1-29-20(25)13-10-14(21(26)30-2)12-15(11-13)31(27,28)24-9-5-8-18(24)19-22-16-6-3-4-7-17(16)23-19/h3-4,6-7,10-12,18H,5,8-9H2,1-2H3,(H,22,23)/t18-/m1/s1. The monoisotopic (exact) mass is 443 g/mol. The number of nitrogens with zero attached hydrogens (tertiary/aromatic N) is 2. The van der Waals surface area contributed by atoms with E-state index in [9.17, 15) is 18.0 Å². The van der Waals surface area contributed by atoms with Gasteiger partial charge >= 0.3 is 11.9 Å². The number of methoxy groups -OCH3 is 2. The summed E-state index contributed by atoms with van der Waals surface area (Å²) in [7, 11) is -1.68. The Morgan fingerprint density at radius 1 is 1.06 bits per heavy atom. The summed E-state index contributed by atoms with van der Waals surface area (Å²) in [4.78, 5) is 31.7. The van der Waals surface area contributed by atoms with Gasteiger partial charge in [-0.15, -0.1) is 0 Å². The van der Waals surface area contributed by atoms with Crippen molar-refractivity contribution in [3.8, 4) is 0 Å². The molecule has 10 heteroatoms. The highest BCUT2D eigenvalue weighted by molar-refractivity contribution is 7.89. The fourth-order valence-electron chi connectivity index (χ4n) is 3.79. The first-order chi connectivity index (χ1) is 14.8. The third-order valence-corrected chi connectivity index (χ3v) is 7.17. The van der Waals surface area contributed by atoms with E-state index in [-0.39, 0.29) is 16.0 Å². The van der Waals surface area contributed by atoms with Crippen molar-refractivity contribution >= 4 is 33.0 Å². The molecule has 9 nitrogen and oxygen atoms in total. The Balaban J connectivity index is 1.77. The molecule has 3 aromatic rings. The molecule has 1 aliphatic heterocycles. The van der Waals surface area contributed by atoms with Gasteiger partial charge in [0.25, 0.3) is 0 Å². The second-order valence-electron chi connectivity index (χ2n) is 7.14. The van der Waals surface area contributed by atoms with Crippen LogP contribution >= 0.6 is 0 Å². The number of carbonyl (C=O) groups is 2. The molecule has 1 saturated heterocycles. The topological polar surface area (TPSA) is 119 Å². The molecule has 1 N–H and O–H groups in total. The van der Waals surface area contributed by atoms with E-state index in [1.165, 1.54) is 36.7 Å². The van der Waals surface area contributed by atoms with Crippen molar-refractivity contribution in [2.75, 3.05) is 20.8 Å². The number of imidazole rings is 1. The summed E-state index contributed by atoms with van der Waals surface area (Å²) in [6.45, 7) is 0.292.